The number of rotatable bonds is 7. The fourth-order valence-corrected chi connectivity index (χ4v) is 5.78. The first-order valence-corrected chi connectivity index (χ1v) is 13.1. The summed E-state index contributed by atoms with van der Waals surface area (Å²) in [6.07, 6.45) is 2.81. The predicted octanol–water partition coefficient (Wildman–Crippen LogP) is 4.91. The third kappa shape index (κ3) is 5.23. The highest BCUT2D eigenvalue weighted by Crippen LogP contribution is 2.38. The molecule has 10 heteroatoms. The van der Waals surface area contributed by atoms with Crippen molar-refractivity contribution in [2.75, 3.05) is 37.9 Å². The number of carbonyl (C=O) groups is 1. The minimum absolute atomic E-state index is 0.0620. The summed E-state index contributed by atoms with van der Waals surface area (Å²) in [5.74, 6) is 2.79. The number of nitrogens with one attached hydrogen (secondary N) is 1. The number of hydrogen-bond acceptors (Lipinski definition) is 9. The van der Waals surface area contributed by atoms with Gasteiger partial charge in [0, 0.05) is 18.7 Å². The third-order valence-corrected chi connectivity index (χ3v) is 7.75. The second-order valence-corrected chi connectivity index (χ2v) is 10.2. The topological polar surface area (TPSA) is 85.8 Å². The normalized spacial score (nSPS) is 17.3. The van der Waals surface area contributed by atoms with Crippen molar-refractivity contribution in [3.63, 3.8) is 0 Å². The van der Waals surface area contributed by atoms with Crippen LogP contribution in [0.25, 0.3) is 0 Å². The largest absolute Gasteiger partial charge is 0.497 e. The Hall–Kier alpha value is -2.98. The lowest BCUT2D eigenvalue weighted by atomic mass is 10.0. The molecule has 0 radical (unpaired) electrons. The van der Waals surface area contributed by atoms with Crippen LogP contribution in [-0.2, 0) is 4.79 Å². The quantitative estimate of drug-likeness (QED) is 0.460. The Balaban J connectivity index is 1.19. The van der Waals surface area contributed by atoms with Crippen LogP contribution in [0.3, 0.4) is 0 Å². The van der Waals surface area contributed by atoms with Gasteiger partial charge in [-0.1, -0.05) is 29.2 Å². The van der Waals surface area contributed by atoms with Crippen molar-refractivity contribution in [2.45, 2.75) is 29.6 Å². The van der Waals surface area contributed by atoms with Gasteiger partial charge in [0.05, 0.1) is 32.1 Å². The van der Waals surface area contributed by atoms with Gasteiger partial charge in [0.2, 0.25) is 11.0 Å². The van der Waals surface area contributed by atoms with Crippen LogP contribution in [-0.4, -0.2) is 53.6 Å². The van der Waals surface area contributed by atoms with Crippen molar-refractivity contribution in [1.82, 2.24) is 15.1 Å². The highest BCUT2D eigenvalue weighted by molar-refractivity contribution is 8.01. The zero-order valence-corrected chi connectivity index (χ0v) is 20.5. The highest BCUT2D eigenvalue weighted by atomic mass is 32.2. The van der Waals surface area contributed by atoms with Crippen LogP contribution in [0.2, 0.25) is 0 Å². The zero-order valence-electron chi connectivity index (χ0n) is 18.9. The molecule has 2 aromatic carbocycles. The van der Waals surface area contributed by atoms with Crippen molar-refractivity contribution in [3.05, 3.63) is 48.0 Å². The van der Waals surface area contributed by atoms with Crippen molar-refractivity contribution >= 4 is 39.8 Å². The first-order chi connectivity index (χ1) is 16.7. The first kappa shape index (κ1) is 22.8. The third-order valence-electron chi connectivity index (χ3n) is 5.80. The molecule has 5 rings (SSSR count). The van der Waals surface area contributed by atoms with E-state index in [0.29, 0.717) is 24.1 Å². The number of benzene rings is 2. The summed E-state index contributed by atoms with van der Waals surface area (Å²) in [5, 5.41) is 12.3. The number of anilines is 2. The Morgan fingerprint density at radius 3 is 2.79 bits per heavy atom. The van der Waals surface area contributed by atoms with Gasteiger partial charge in [-0.3, -0.25) is 4.79 Å². The number of methoxy groups -OCH3 is 1. The summed E-state index contributed by atoms with van der Waals surface area (Å²) in [7, 11) is 1.64. The molecule has 0 saturated carbocycles. The first-order valence-electron chi connectivity index (χ1n) is 11.3. The summed E-state index contributed by atoms with van der Waals surface area (Å²) in [5.41, 5.74) is 2.00. The van der Waals surface area contributed by atoms with Crippen molar-refractivity contribution in [2.24, 2.45) is 0 Å². The maximum atomic E-state index is 13.1. The molecule has 1 amide bonds. The second-order valence-electron chi connectivity index (χ2n) is 8.02. The molecular formula is C24H26N4O4S2. The molecule has 0 spiro atoms. The maximum Gasteiger partial charge on any atom is 0.233 e. The Labute approximate surface area is 206 Å². The molecule has 1 N–H and O–H groups in total. The van der Waals surface area contributed by atoms with Crippen LogP contribution in [0, 0.1) is 0 Å². The van der Waals surface area contributed by atoms with E-state index in [1.807, 2.05) is 41.3 Å². The molecule has 34 heavy (non-hydrogen) atoms. The van der Waals surface area contributed by atoms with E-state index in [4.69, 9.17) is 14.2 Å². The van der Waals surface area contributed by atoms with E-state index in [2.05, 4.69) is 21.6 Å². The molecule has 1 saturated heterocycles. The van der Waals surface area contributed by atoms with E-state index in [9.17, 15) is 4.79 Å². The van der Waals surface area contributed by atoms with Gasteiger partial charge in [0.1, 0.15) is 5.75 Å². The molecule has 8 nitrogen and oxygen atoms in total. The van der Waals surface area contributed by atoms with Gasteiger partial charge in [-0.05, 0) is 54.8 Å². The minimum Gasteiger partial charge on any atom is -0.497 e. The van der Waals surface area contributed by atoms with Crippen LogP contribution in [0.5, 0.6) is 17.2 Å². The number of thioether (sulfide) groups is 1. The van der Waals surface area contributed by atoms with Crippen LogP contribution in [0.1, 0.15) is 30.9 Å². The highest BCUT2D eigenvalue weighted by Gasteiger charge is 2.31. The minimum atomic E-state index is 0.0620. The predicted molar refractivity (Wildman–Crippen MR) is 133 cm³/mol. The second kappa shape index (κ2) is 10.5. The number of ether oxygens (including phenoxy) is 3. The van der Waals surface area contributed by atoms with E-state index in [1.54, 1.807) is 7.11 Å². The Morgan fingerprint density at radius 2 is 1.97 bits per heavy atom. The Bertz CT molecular complexity index is 1140. The Kier molecular flexibility index (Phi) is 7.05. The standard InChI is InChI=1S/C24H26N4O4S2/c1-30-18-8-6-17(7-9-18)25-23-26-27-24(34-23)33-15-22(29)28-11-2-4-19(28)16-5-10-20-21(14-16)32-13-3-12-31-20/h5-10,14,19H,2-4,11-13,15H2,1H3,(H,25,26). The maximum absolute atomic E-state index is 13.1. The number of likely N-dealkylation sites (tertiary alicyclic amines) is 1. The lowest BCUT2D eigenvalue weighted by Crippen LogP contribution is -2.32. The van der Waals surface area contributed by atoms with Crippen LogP contribution in [0.15, 0.2) is 46.8 Å². The molecule has 0 bridgehead atoms. The zero-order chi connectivity index (χ0) is 23.3. The van der Waals surface area contributed by atoms with Gasteiger partial charge in [0.25, 0.3) is 0 Å². The van der Waals surface area contributed by atoms with Crippen molar-refractivity contribution < 1.29 is 19.0 Å². The average molecular weight is 499 g/mol. The molecule has 1 atom stereocenters. The molecule has 0 aliphatic carbocycles. The summed E-state index contributed by atoms with van der Waals surface area (Å²) in [4.78, 5) is 15.1. The average Bonchev–Trinajstić information content (AvgIpc) is 3.47. The van der Waals surface area contributed by atoms with E-state index in [-0.39, 0.29) is 11.9 Å². The van der Waals surface area contributed by atoms with Crippen LogP contribution >= 0.6 is 23.1 Å². The van der Waals surface area contributed by atoms with Crippen molar-refractivity contribution in [3.8, 4) is 17.2 Å². The number of nitrogens with zero attached hydrogens (tertiary/aromatic N) is 3. The SMILES string of the molecule is COc1ccc(Nc2nnc(SCC(=O)N3CCCC3c3ccc4c(c3)OCCCO4)s2)cc1. The molecule has 1 unspecified atom stereocenters. The molecule has 3 aromatic rings. The van der Waals surface area contributed by atoms with E-state index in [1.165, 1.54) is 23.1 Å². The fourth-order valence-electron chi connectivity index (χ4n) is 4.12. The number of aromatic nitrogens is 2. The van der Waals surface area contributed by atoms with Gasteiger partial charge in [-0.25, -0.2) is 0 Å². The molecule has 2 aliphatic rings. The molecular weight excluding hydrogens is 472 g/mol. The molecule has 3 heterocycles. The summed E-state index contributed by atoms with van der Waals surface area (Å²) < 4.78 is 17.5. The summed E-state index contributed by atoms with van der Waals surface area (Å²) in [6.45, 7) is 2.08. The van der Waals surface area contributed by atoms with E-state index in [0.717, 1.165) is 58.6 Å². The van der Waals surface area contributed by atoms with Gasteiger partial charge in [0.15, 0.2) is 15.8 Å². The number of fused-ring (bicyclic) bond motifs is 1. The Morgan fingerprint density at radius 1 is 1.15 bits per heavy atom. The van der Waals surface area contributed by atoms with Crippen LogP contribution < -0.4 is 19.5 Å². The van der Waals surface area contributed by atoms with E-state index >= 15 is 0 Å². The smallest absolute Gasteiger partial charge is 0.233 e. The summed E-state index contributed by atoms with van der Waals surface area (Å²) >= 11 is 2.86. The monoisotopic (exact) mass is 498 g/mol. The molecule has 1 fully saturated rings. The number of carbonyl (C=O) groups excluding carboxylic acids is 1. The van der Waals surface area contributed by atoms with E-state index < -0.39 is 0 Å². The van der Waals surface area contributed by atoms with Gasteiger partial charge in [-0.2, -0.15) is 0 Å². The lowest BCUT2D eigenvalue weighted by Gasteiger charge is -2.25. The van der Waals surface area contributed by atoms with Crippen molar-refractivity contribution in [1.29, 1.82) is 0 Å². The fraction of sp³-hybridized carbons (Fsp3) is 0.375. The molecule has 1 aromatic heterocycles. The number of hydrogen-bond donors (Lipinski definition) is 1. The lowest BCUT2D eigenvalue weighted by molar-refractivity contribution is -0.129. The van der Waals surface area contributed by atoms with Gasteiger partial charge in [-0.15, -0.1) is 10.2 Å². The molecule has 2 aliphatic heterocycles. The van der Waals surface area contributed by atoms with Gasteiger partial charge >= 0.3 is 0 Å². The molecule has 178 valence electrons. The van der Waals surface area contributed by atoms with Gasteiger partial charge < -0.3 is 24.4 Å². The summed E-state index contributed by atoms with van der Waals surface area (Å²) in [6, 6.07) is 13.7. The van der Waals surface area contributed by atoms with Crippen LogP contribution in [0.4, 0.5) is 10.8 Å². The number of amides is 1.